The predicted molar refractivity (Wildman–Crippen MR) is 147 cm³/mol. The number of nitrogens with zero attached hydrogens (tertiary/aromatic N) is 2. The first-order chi connectivity index (χ1) is 18.4. The lowest BCUT2D eigenvalue weighted by Gasteiger charge is -2.57. The van der Waals surface area contributed by atoms with Crippen LogP contribution in [0.5, 0.6) is 17.2 Å². The number of amides is 1. The highest BCUT2D eigenvalue weighted by molar-refractivity contribution is 8.18. The van der Waals surface area contributed by atoms with Crippen molar-refractivity contribution in [1.82, 2.24) is 4.90 Å². The van der Waals surface area contributed by atoms with E-state index in [1.54, 1.807) is 18.2 Å². The Morgan fingerprint density at radius 3 is 2.29 bits per heavy atom. The van der Waals surface area contributed by atoms with Crippen molar-refractivity contribution in [3.05, 3.63) is 46.4 Å². The molecule has 1 amide bonds. The number of carbonyl (C=O) groups excluding carboxylic acids is 1. The summed E-state index contributed by atoms with van der Waals surface area (Å²) < 4.78 is 5.40. The molecule has 2 aromatic carbocycles. The fraction of sp³-hybridized carbons (Fsp3) is 0.467. The van der Waals surface area contributed by atoms with Crippen LogP contribution in [-0.2, 0) is 14.9 Å². The molecule has 7 nitrogen and oxygen atoms in total. The van der Waals surface area contributed by atoms with Crippen LogP contribution in [-0.4, -0.2) is 57.6 Å². The molecule has 4 bridgehead atoms. The van der Waals surface area contributed by atoms with Gasteiger partial charge in [-0.1, -0.05) is 6.07 Å². The van der Waals surface area contributed by atoms with Crippen molar-refractivity contribution < 1.29 is 24.9 Å². The van der Waals surface area contributed by atoms with Crippen molar-refractivity contribution in [2.24, 2.45) is 22.7 Å². The van der Waals surface area contributed by atoms with Crippen LogP contribution >= 0.6 is 11.8 Å². The summed E-state index contributed by atoms with van der Waals surface area (Å²) in [6.07, 6.45) is 8.99. The topological polar surface area (TPSA) is 103 Å². The average Bonchev–Trinajstić information content (AvgIpc) is 3.26. The minimum Gasteiger partial charge on any atom is -0.508 e. The summed E-state index contributed by atoms with van der Waals surface area (Å²) in [6.45, 7) is 2.58. The molecule has 2 aromatic rings. The molecule has 6 aliphatic rings. The molecule has 5 fully saturated rings. The van der Waals surface area contributed by atoms with Crippen LogP contribution in [0, 0.1) is 17.8 Å². The van der Waals surface area contributed by atoms with Crippen molar-refractivity contribution >= 4 is 28.9 Å². The lowest BCUT2D eigenvalue weighted by molar-refractivity contribution is -0.113. The van der Waals surface area contributed by atoms with Gasteiger partial charge in [-0.05, 0) is 103 Å². The van der Waals surface area contributed by atoms with Gasteiger partial charge < -0.3 is 25.0 Å². The Hall–Kier alpha value is -2.97. The Morgan fingerprint density at radius 1 is 0.921 bits per heavy atom. The van der Waals surface area contributed by atoms with Gasteiger partial charge in [0.2, 0.25) is 0 Å². The largest absolute Gasteiger partial charge is 0.508 e. The van der Waals surface area contributed by atoms with Crippen LogP contribution in [0.2, 0.25) is 0 Å². The van der Waals surface area contributed by atoms with Gasteiger partial charge in [0, 0.05) is 35.8 Å². The summed E-state index contributed by atoms with van der Waals surface area (Å²) in [5.41, 5.74) is 2.79. The Labute approximate surface area is 226 Å². The van der Waals surface area contributed by atoms with Crippen LogP contribution in [0.1, 0.15) is 49.7 Å². The molecule has 8 heteroatoms. The number of morpholine rings is 1. The summed E-state index contributed by atoms with van der Waals surface area (Å²) in [5, 5.41) is 33.1. The number of hydrogen-bond acceptors (Lipinski definition) is 7. The van der Waals surface area contributed by atoms with E-state index in [-0.39, 0.29) is 22.8 Å². The fourth-order valence-corrected chi connectivity index (χ4v) is 8.89. The first-order valence-electron chi connectivity index (χ1n) is 13.6. The number of phenolic OH excluding ortho intramolecular Hbond substituents is 3. The third-order valence-electron chi connectivity index (χ3n) is 9.24. The zero-order valence-corrected chi connectivity index (χ0v) is 22.0. The summed E-state index contributed by atoms with van der Waals surface area (Å²) >= 11 is 1.30. The Balaban J connectivity index is 1.21. The van der Waals surface area contributed by atoms with Crippen molar-refractivity contribution in [1.29, 1.82) is 0 Å². The van der Waals surface area contributed by atoms with Gasteiger partial charge in [-0.2, -0.15) is 4.99 Å². The van der Waals surface area contributed by atoms with Gasteiger partial charge in [0.1, 0.15) is 17.2 Å². The number of amidine groups is 1. The van der Waals surface area contributed by atoms with Gasteiger partial charge in [0.05, 0.1) is 18.1 Å². The molecule has 0 radical (unpaired) electrons. The van der Waals surface area contributed by atoms with Crippen LogP contribution in [0.3, 0.4) is 0 Å². The second kappa shape index (κ2) is 9.06. The number of ether oxygens (including phenoxy) is 1. The lowest BCUT2D eigenvalue weighted by Crippen LogP contribution is -2.48. The summed E-state index contributed by atoms with van der Waals surface area (Å²) in [6, 6.07) is 8.64. The van der Waals surface area contributed by atoms with E-state index in [1.165, 1.54) is 37.1 Å². The second-order valence-electron chi connectivity index (χ2n) is 11.8. The van der Waals surface area contributed by atoms with E-state index >= 15 is 0 Å². The molecule has 4 aliphatic carbocycles. The van der Waals surface area contributed by atoms with E-state index < -0.39 is 0 Å². The summed E-state index contributed by atoms with van der Waals surface area (Å²) in [7, 11) is 0. The normalized spacial score (nSPS) is 31.3. The highest BCUT2D eigenvalue weighted by Crippen LogP contribution is 2.62. The Morgan fingerprint density at radius 2 is 1.61 bits per heavy atom. The number of aromatic hydroxyl groups is 3. The maximum Gasteiger partial charge on any atom is 0.286 e. The zero-order valence-electron chi connectivity index (χ0n) is 21.2. The molecule has 2 aliphatic heterocycles. The highest BCUT2D eigenvalue weighted by Gasteiger charge is 2.52. The molecule has 4 saturated carbocycles. The maximum atomic E-state index is 12.7. The van der Waals surface area contributed by atoms with Crippen LogP contribution < -0.4 is 0 Å². The number of aliphatic imine (C=N–C) groups is 1. The van der Waals surface area contributed by atoms with E-state index in [2.05, 4.69) is 4.99 Å². The zero-order chi connectivity index (χ0) is 26.0. The highest BCUT2D eigenvalue weighted by atomic mass is 32.2. The Kier molecular flexibility index (Phi) is 5.74. The van der Waals surface area contributed by atoms with Crippen LogP contribution in [0.4, 0.5) is 0 Å². The van der Waals surface area contributed by atoms with Gasteiger partial charge in [-0.3, -0.25) is 4.79 Å². The molecule has 3 N–H and O–H groups in total. The monoisotopic (exact) mass is 532 g/mol. The molecule has 198 valence electrons. The average molecular weight is 533 g/mol. The van der Waals surface area contributed by atoms with E-state index in [4.69, 9.17) is 4.74 Å². The SMILES string of the molecule is O=C1N=C(N2CCOCC2)S/C1=C\c1cc(-c2ccc(O)c(C34CC5CC(CC(C5)C3)C4)c2)c(O)cc1O. The smallest absolute Gasteiger partial charge is 0.286 e. The summed E-state index contributed by atoms with van der Waals surface area (Å²) in [4.78, 5) is 19.3. The summed E-state index contributed by atoms with van der Waals surface area (Å²) in [5.74, 6) is 2.09. The molecule has 0 unspecified atom stereocenters. The third kappa shape index (κ3) is 4.09. The molecule has 8 rings (SSSR count). The quantitative estimate of drug-likeness (QED) is 0.465. The Bertz CT molecular complexity index is 1340. The minimum absolute atomic E-state index is 0.00628. The molecule has 38 heavy (non-hydrogen) atoms. The van der Waals surface area contributed by atoms with Crippen LogP contribution in [0.25, 0.3) is 17.2 Å². The predicted octanol–water partition coefficient (Wildman–Crippen LogP) is 5.24. The number of carbonyl (C=O) groups is 1. The lowest BCUT2D eigenvalue weighted by atomic mass is 9.48. The number of thioether (sulfide) groups is 1. The number of benzene rings is 2. The molecule has 0 spiro atoms. The van der Waals surface area contributed by atoms with E-state index in [0.717, 1.165) is 48.1 Å². The molecule has 0 aromatic heterocycles. The van der Waals surface area contributed by atoms with Gasteiger partial charge in [0.25, 0.3) is 5.91 Å². The van der Waals surface area contributed by atoms with E-state index in [0.29, 0.717) is 53.3 Å². The third-order valence-corrected chi connectivity index (χ3v) is 10.3. The van der Waals surface area contributed by atoms with Crippen molar-refractivity contribution in [3.63, 3.8) is 0 Å². The van der Waals surface area contributed by atoms with E-state index in [9.17, 15) is 20.1 Å². The molecular weight excluding hydrogens is 500 g/mol. The van der Waals surface area contributed by atoms with Gasteiger partial charge in [0.15, 0.2) is 5.17 Å². The first kappa shape index (κ1) is 24.1. The molecule has 1 saturated heterocycles. The second-order valence-corrected chi connectivity index (χ2v) is 12.8. The van der Waals surface area contributed by atoms with Crippen LogP contribution in [0.15, 0.2) is 40.2 Å². The number of hydrogen-bond donors (Lipinski definition) is 3. The fourth-order valence-electron chi connectivity index (χ4n) is 7.94. The van der Waals surface area contributed by atoms with Crippen molar-refractivity contribution in [3.8, 4) is 28.4 Å². The van der Waals surface area contributed by atoms with Gasteiger partial charge in [-0.25, -0.2) is 0 Å². The molecule has 2 heterocycles. The van der Waals surface area contributed by atoms with Gasteiger partial charge in [-0.15, -0.1) is 0 Å². The standard InChI is InChI=1S/C30H32N2O5S/c33-24-2-1-20(11-23(24)30-14-17-7-18(15-30)9-19(8-17)16-30)22-10-21(25(34)13-26(22)35)12-27-28(36)31-29(38-27)32-3-5-37-6-4-32/h1-2,10-13,17-19,33-35H,3-9,14-16H2/b27-12-. The van der Waals surface area contributed by atoms with E-state index in [1.807, 2.05) is 17.0 Å². The maximum absolute atomic E-state index is 12.7. The number of rotatable bonds is 3. The molecule has 0 atom stereocenters. The molecular formula is C30H32N2O5S. The van der Waals surface area contributed by atoms with Crippen molar-refractivity contribution in [2.45, 2.75) is 43.9 Å². The number of phenols is 3. The minimum atomic E-state index is -0.334. The van der Waals surface area contributed by atoms with Crippen molar-refractivity contribution in [2.75, 3.05) is 26.3 Å². The van der Waals surface area contributed by atoms with Gasteiger partial charge >= 0.3 is 0 Å². The first-order valence-corrected chi connectivity index (χ1v) is 14.4.